The maximum atomic E-state index is 15.2. The van der Waals surface area contributed by atoms with Gasteiger partial charge in [-0.05, 0) is 37.3 Å². The third-order valence-electron chi connectivity index (χ3n) is 5.25. The lowest BCUT2D eigenvalue weighted by molar-refractivity contribution is -0.136. The molecule has 2 fully saturated rings. The molecule has 1 saturated carbocycles. The molecule has 1 atom stereocenters. The van der Waals surface area contributed by atoms with Crippen LogP contribution in [-0.4, -0.2) is 46.6 Å². The molecule has 2 N–H and O–H groups in total. The van der Waals surface area contributed by atoms with E-state index in [1.807, 2.05) is 6.07 Å². The Balaban J connectivity index is 1.53. The van der Waals surface area contributed by atoms with Gasteiger partial charge in [0.25, 0.3) is 5.91 Å². The van der Waals surface area contributed by atoms with Crippen LogP contribution in [0.1, 0.15) is 50.5 Å². The molecule has 7 heteroatoms. The third kappa shape index (κ3) is 4.71. The Morgan fingerprint density at radius 1 is 1.27 bits per heavy atom. The van der Waals surface area contributed by atoms with Crippen LogP contribution in [0.2, 0.25) is 0 Å². The van der Waals surface area contributed by atoms with Crippen LogP contribution in [0.4, 0.5) is 9.18 Å². The van der Waals surface area contributed by atoms with Gasteiger partial charge in [0.2, 0.25) is 5.67 Å². The van der Waals surface area contributed by atoms with Crippen molar-refractivity contribution in [1.82, 2.24) is 20.5 Å². The number of hydrogen-bond donors (Lipinski definition) is 2. The van der Waals surface area contributed by atoms with Crippen molar-refractivity contribution < 1.29 is 14.0 Å². The molecule has 3 amide bonds. The molecule has 1 aliphatic carbocycles. The van der Waals surface area contributed by atoms with E-state index in [-0.39, 0.29) is 31.6 Å². The average Bonchev–Trinajstić information content (AvgIpc) is 2.67. The van der Waals surface area contributed by atoms with E-state index in [0.717, 1.165) is 31.2 Å². The zero-order chi connectivity index (χ0) is 18.4. The zero-order valence-electron chi connectivity index (χ0n) is 15.0. The van der Waals surface area contributed by atoms with Gasteiger partial charge in [0.05, 0.1) is 6.54 Å². The number of hydrogen-bond acceptors (Lipinski definition) is 3. The molecular formula is C19H27FN4O2. The van der Waals surface area contributed by atoms with E-state index in [1.54, 1.807) is 18.5 Å². The fraction of sp³-hybridized carbons (Fsp3) is 0.632. The second kappa shape index (κ2) is 8.47. The molecule has 6 nitrogen and oxygen atoms in total. The Bertz CT molecular complexity index is 621. The van der Waals surface area contributed by atoms with Gasteiger partial charge >= 0.3 is 6.03 Å². The van der Waals surface area contributed by atoms with Gasteiger partial charge < -0.3 is 15.5 Å². The monoisotopic (exact) mass is 362 g/mol. The van der Waals surface area contributed by atoms with Gasteiger partial charge in [0.1, 0.15) is 0 Å². The highest BCUT2D eigenvalue weighted by Gasteiger charge is 2.44. The Kier molecular flexibility index (Phi) is 6.06. The number of amides is 3. The number of nitrogens with one attached hydrogen (secondary N) is 2. The summed E-state index contributed by atoms with van der Waals surface area (Å²) < 4.78 is 15.2. The van der Waals surface area contributed by atoms with Crippen LogP contribution >= 0.6 is 0 Å². The number of piperidine rings is 1. The molecule has 1 aromatic heterocycles. The smallest absolute Gasteiger partial charge is 0.317 e. The number of nitrogens with zero attached hydrogens (tertiary/aromatic N) is 2. The summed E-state index contributed by atoms with van der Waals surface area (Å²) in [4.78, 5) is 30.3. The molecule has 142 valence electrons. The van der Waals surface area contributed by atoms with Gasteiger partial charge in [-0.1, -0.05) is 25.3 Å². The number of likely N-dealkylation sites (tertiary alicyclic amines) is 1. The molecule has 0 bridgehead atoms. The molecule has 2 heterocycles. The summed E-state index contributed by atoms with van der Waals surface area (Å²) in [6, 6.07) is 3.51. The second-order valence-corrected chi connectivity index (χ2v) is 7.32. The number of urea groups is 1. The molecule has 2 aliphatic rings. The number of aromatic nitrogens is 1. The van der Waals surface area contributed by atoms with Crippen molar-refractivity contribution in [3.8, 4) is 0 Å². The van der Waals surface area contributed by atoms with Crippen molar-refractivity contribution in [2.45, 2.75) is 63.2 Å². The summed E-state index contributed by atoms with van der Waals surface area (Å²) >= 11 is 0. The molecule has 1 unspecified atom stereocenters. The van der Waals surface area contributed by atoms with Crippen LogP contribution in [0.15, 0.2) is 24.5 Å². The minimum absolute atomic E-state index is 0.138. The maximum absolute atomic E-state index is 15.2. The minimum Gasteiger partial charge on any atom is -0.349 e. The SMILES string of the molecule is O=C(NC1CCCCC1)N1CCCC(F)(C(=O)NCc2cccnc2)C1. The number of carbonyl (C=O) groups is 2. The van der Waals surface area contributed by atoms with E-state index >= 15 is 4.39 Å². The lowest BCUT2D eigenvalue weighted by Crippen LogP contribution is -2.58. The topological polar surface area (TPSA) is 74.3 Å². The highest BCUT2D eigenvalue weighted by atomic mass is 19.1. The molecule has 1 aromatic rings. The Morgan fingerprint density at radius 3 is 2.81 bits per heavy atom. The highest BCUT2D eigenvalue weighted by molar-refractivity contribution is 5.86. The average molecular weight is 362 g/mol. The van der Waals surface area contributed by atoms with Crippen molar-refractivity contribution in [3.05, 3.63) is 30.1 Å². The van der Waals surface area contributed by atoms with E-state index in [9.17, 15) is 9.59 Å². The summed E-state index contributed by atoms with van der Waals surface area (Å²) in [6.45, 7) is 0.525. The standard InChI is InChI=1S/C19H27FN4O2/c20-19(17(25)22-13-15-6-4-10-21-12-15)9-5-11-24(14-19)18(26)23-16-7-2-1-3-8-16/h4,6,10,12,16H,1-3,5,7-9,11,13-14H2,(H,22,25)(H,23,26). The van der Waals surface area contributed by atoms with Gasteiger partial charge in [-0.25, -0.2) is 9.18 Å². The first-order valence-corrected chi connectivity index (χ1v) is 9.48. The van der Waals surface area contributed by atoms with Crippen LogP contribution in [0.25, 0.3) is 0 Å². The van der Waals surface area contributed by atoms with Gasteiger partial charge in [-0.3, -0.25) is 9.78 Å². The summed E-state index contributed by atoms with van der Waals surface area (Å²) in [7, 11) is 0. The Labute approximate surface area is 153 Å². The summed E-state index contributed by atoms with van der Waals surface area (Å²) in [6.07, 6.45) is 9.30. The summed E-state index contributed by atoms with van der Waals surface area (Å²) in [5, 5.41) is 5.64. The predicted molar refractivity (Wildman–Crippen MR) is 96.1 cm³/mol. The maximum Gasteiger partial charge on any atom is 0.317 e. The number of pyridine rings is 1. The van der Waals surface area contributed by atoms with Crippen LogP contribution in [0.5, 0.6) is 0 Å². The van der Waals surface area contributed by atoms with Crippen LogP contribution in [0.3, 0.4) is 0 Å². The number of halogens is 1. The normalized spacial score (nSPS) is 24.1. The van der Waals surface area contributed by atoms with E-state index in [1.165, 1.54) is 11.3 Å². The van der Waals surface area contributed by atoms with Crippen molar-refractivity contribution in [2.75, 3.05) is 13.1 Å². The molecule has 0 spiro atoms. The molecule has 26 heavy (non-hydrogen) atoms. The second-order valence-electron chi connectivity index (χ2n) is 7.32. The Morgan fingerprint density at radius 2 is 2.08 bits per heavy atom. The van der Waals surface area contributed by atoms with E-state index < -0.39 is 11.6 Å². The fourth-order valence-electron chi connectivity index (χ4n) is 3.73. The van der Waals surface area contributed by atoms with Gasteiger partial charge in [-0.2, -0.15) is 0 Å². The number of rotatable bonds is 4. The van der Waals surface area contributed by atoms with Gasteiger partial charge in [0, 0.05) is 31.5 Å². The number of alkyl halides is 1. The van der Waals surface area contributed by atoms with E-state index in [4.69, 9.17) is 0 Å². The van der Waals surface area contributed by atoms with Crippen molar-refractivity contribution in [2.24, 2.45) is 0 Å². The molecule has 3 rings (SSSR count). The molecule has 1 aliphatic heterocycles. The first-order chi connectivity index (χ1) is 12.6. The molecule has 0 radical (unpaired) electrons. The molecular weight excluding hydrogens is 335 g/mol. The van der Waals surface area contributed by atoms with Crippen molar-refractivity contribution in [1.29, 1.82) is 0 Å². The fourth-order valence-corrected chi connectivity index (χ4v) is 3.73. The van der Waals surface area contributed by atoms with Crippen LogP contribution in [0, 0.1) is 0 Å². The van der Waals surface area contributed by atoms with Gasteiger partial charge in [-0.15, -0.1) is 0 Å². The van der Waals surface area contributed by atoms with Crippen LogP contribution < -0.4 is 10.6 Å². The summed E-state index contributed by atoms with van der Waals surface area (Å²) in [5.41, 5.74) is -1.23. The van der Waals surface area contributed by atoms with Crippen LogP contribution in [-0.2, 0) is 11.3 Å². The number of carbonyl (C=O) groups excluding carboxylic acids is 2. The van der Waals surface area contributed by atoms with E-state index in [2.05, 4.69) is 15.6 Å². The molecule has 0 aromatic carbocycles. The predicted octanol–water partition coefficient (Wildman–Crippen LogP) is 2.54. The lowest BCUT2D eigenvalue weighted by atomic mass is 9.93. The quantitative estimate of drug-likeness (QED) is 0.864. The first-order valence-electron chi connectivity index (χ1n) is 9.48. The van der Waals surface area contributed by atoms with Crippen molar-refractivity contribution in [3.63, 3.8) is 0 Å². The highest BCUT2D eigenvalue weighted by Crippen LogP contribution is 2.26. The largest absolute Gasteiger partial charge is 0.349 e. The lowest BCUT2D eigenvalue weighted by Gasteiger charge is -2.37. The first kappa shape index (κ1) is 18.6. The van der Waals surface area contributed by atoms with E-state index in [0.29, 0.717) is 13.0 Å². The summed E-state index contributed by atoms with van der Waals surface area (Å²) in [5.74, 6) is -0.656. The zero-order valence-corrected chi connectivity index (χ0v) is 15.0. The van der Waals surface area contributed by atoms with Gasteiger partial charge in [0.15, 0.2) is 0 Å². The minimum atomic E-state index is -2.04. The van der Waals surface area contributed by atoms with Crippen molar-refractivity contribution >= 4 is 11.9 Å². The molecule has 1 saturated heterocycles. The Hall–Kier alpha value is -2.18. The third-order valence-corrected chi connectivity index (χ3v) is 5.25.